The molecule has 1 N–H and O–H groups in total. The van der Waals surface area contributed by atoms with Crippen molar-refractivity contribution < 1.29 is 4.74 Å². The molecular weight excluding hydrogens is 188 g/mol. The summed E-state index contributed by atoms with van der Waals surface area (Å²) >= 11 is 0. The Morgan fingerprint density at radius 2 is 2.53 bits per heavy atom. The van der Waals surface area contributed by atoms with Gasteiger partial charge in [-0.25, -0.2) is 0 Å². The first-order valence-corrected chi connectivity index (χ1v) is 5.80. The maximum absolute atomic E-state index is 5.62. The van der Waals surface area contributed by atoms with Crippen molar-refractivity contribution in [1.29, 1.82) is 0 Å². The monoisotopic (exact) mass is 208 g/mol. The van der Waals surface area contributed by atoms with Gasteiger partial charge in [-0.1, -0.05) is 0 Å². The Balaban J connectivity index is 1.83. The lowest BCUT2D eigenvalue weighted by atomic mass is 10.2. The van der Waals surface area contributed by atoms with E-state index in [1.54, 1.807) is 0 Å². The predicted molar refractivity (Wildman–Crippen MR) is 60.8 cm³/mol. The number of hydrogen-bond acceptors (Lipinski definition) is 2. The number of aryl methyl sites for hydroxylation is 1. The van der Waals surface area contributed by atoms with Crippen LogP contribution in [0.25, 0.3) is 0 Å². The van der Waals surface area contributed by atoms with E-state index >= 15 is 0 Å². The molecule has 0 aromatic carbocycles. The van der Waals surface area contributed by atoms with Crippen LogP contribution in [0.2, 0.25) is 0 Å². The summed E-state index contributed by atoms with van der Waals surface area (Å²) in [6.07, 6.45) is 6.27. The van der Waals surface area contributed by atoms with E-state index in [1.807, 2.05) is 7.05 Å². The van der Waals surface area contributed by atoms with Crippen molar-refractivity contribution in [2.24, 2.45) is 0 Å². The Labute approximate surface area is 91.4 Å². The van der Waals surface area contributed by atoms with Crippen LogP contribution < -0.4 is 5.32 Å². The molecule has 1 unspecified atom stereocenters. The Morgan fingerprint density at radius 3 is 3.27 bits per heavy atom. The molecule has 15 heavy (non-hydrogen) atoms. The first-order chi connectivity index (χ1) is 7.40. The lowest BCUT2D eigenvalue weighted by Crippen LogP contribution is -2.14. The summed E-state index contributed by atoms with van der Waals surface area (Å²) < 4.78 is 7.94. The third kappa shape index (κ3) is 2.83. The SMILES string of the molecule is CNCc1cccn1CCC1CCCO1. The minimum absolute atomic E-state index is 0.495. The van der Waals surface area contributed by atoms with Gasteiger partial charge in [0.05, 0.1) is 6.10 Å². The summed E-state index contributed by atoms with van der Waals surface area (Å²) in [7, 11) is 1.98. The van der Waals surface area contributed by atoms with Crippen molar-refractivity contribution >= 4 is 0 Å². The van der Waals surface area contributed by atoms with Gasteiger partial charge in [0.1, 0.15) is 0 Å². The fourth-order valence-corrected chi connectivity index (χ4v) is 2.16. The van der Waals surface area contributed by atoms with Gasteiger partial charge in [0, 0.05) is 31.6 Å². The van der Waals surface area contributed by atoms with Gasteiger partial charge in [-0.3, -0.25) is 0 Å². The molecule has 1 aromatic heterocycles. The Morgan fingerprint density at radius 1 is 1.60 bits per heavy atom. The van der Waals surface area contributed by atoms with E-state index in [0.29, 0.717) is 6.10 Å². The zero-order chi connectivity index (χ0) is 10.5. The van der Waals surface area contributed by atoms with Crippen molar-refractivity contribution in [3.05, 3.63) is 24.0 Å². The molecule has 3 heteroatoms. The first-order valence-electron chi connectivity index (χ1n) is 5.80. The van der Waals surface area contributed by atoms with E-state index in [2.05, 4.69) is 28.2 Å². The fraction of sp³-hybridized carbons (Fsp3) is 0.667. The molecule has 2 rings (SSSR count). The first kappa shape index (κ1) is 10.7. The molecule has 3 nitrogen and oxygen atoms in total. The van der Waals surface area contributed by atoms with Gasteiger partial charge in [0.15, 0.2) is 0 Å². The molecule has 1 saturated heterocycles. The minimum atomic E-state index is 0.495. The molecular formula is C12H20N2O. The van der Waals surface area contributed by atoms with E-state index in [0.717, 1.165) is 26.1 Å². The lowest BCUT2D eigenvalue weighted by Gasteiger charge is -2.12. The van der Waals surface area contributed by atoms with E-state index in [-0.39, 0.29) is 0 Å². The van der Waals surface area contributed by atoms with E-state index < -0.39 is 0 Å². The molecule has 0 spiro atoms. The van der Waals surface area contributed by atoms with E-state index in [9.17, 15) is 0 Å². The summed E-state index contributed by atoms with van der Waals surface area (Å²) in [5.74, 6) is 0. The Kier molecular flexibility index (Phi) is 3.80. The van der Waals surface area contributed by atoms with Gasteiger partial charge in [-0.2, -0.15) is 0 Å². The molecule has 0 radical (unpaired) electrons. The predicted octanol–water partition coefficient (Wildman–Crippen LogP) is 1.78. The second-order valence-corrected chi connectivity index (χ2v) is 4.15. The largest absolute Gasteiger partial charge is 0.378 e. The molecule has 2 heterocycles. The lowest BCUT2D eigenvalue weighted by molar-refractivity contribution is 0.100. The molecule has 1 aliphatic heterocycles. The Hall–Kier alpha value is -0.800. The van der Waals surface area contributed by atoms with Gasteiger partial charge in [0.25, 0.3) is 0 Å². The molecule has 0 amide bonds. The maximum Gasteiger partial charge on any atom is 0.0593 e. The van der Waals surface area contributed by atoms with Crippen LogP contribution in [0.3, 0.4) is 0 Å². The van der Waals surface area contributed by atoms with Crippen molar-refractivity contribution in [3.8, 4) is 0 Å². The highest BCUT2D eigenvalue weighted by atomic mass is 16.5. The highest BCUT2D eigenvalue weighted by Crippen LogP contribution is 2.16. The molecule has 1 aliphatic rings. The van der Waals surface area contributed by atoms with Crippen molar-refractivity contribution in [3.63, 3.8) is 0 Å². The quantitative estimate of drug-likeness (QED) is 0.798. The summed E-state index contributed by atoms with van der Waals surface area (Å²) in [6.45, 7) is 2.98. The summed E-state index contributed by atoms with van der Waals surface area (Å²) in [6, 6.07) is 4.29. The standard InChI is InChI=1S/C12H20N2O/c1-13-10-11-4-2-7-14(11)8-6-12-5-3-9-15-12/h2,4,7,12-13H,3,5-6,8-10H2,1H3. The summed E-state index contributed by atoms with van der Waals surface area (Å²) in [4.78, 5) is 0. The van der Waals surface area contributed by atoms with Crippen LogP contribution >= 0.6 is 0 Å². The zero-order valence-corrected chi connectivity index (χ0v) is 9.41. The molecule has 1 fully saturated rings. The molecule has 1 aromatic rings. The zero-order valence-electron chi connectivity index (χ0n) is 9.41. The van der Waals surface area contributed by atoms with Crippen LogP contribution in [0, 0.1) is 0 Å². The van der Waals surface area contributed by atoms with Crippen LogP contribution in [-0.2, 0) is 17.8 Å². The highest BCUT2D eigenvalue weighted by molar-refractivity contribution is 5.06. The third-order valence-electron chi connectivity index (χ3n) is 3.00. The van der Waals surface area contributed by atoms with Crippen molar-refractivity contribution in [1.82, 2.24) is 9.88 Å². The topological polar surface area (TPSA) is 26.2 Å². The van der Waals surface area contributed by atoms with Crippen LogP contribution in [0.15, 0.2) is 18.3 Å². The molecule has 84 valence electrons. The number of nitrogens with zero attached hydrogens (tertiary/aromatic N) is 1. The average molecular weight is 208 g/mol. The normalized spacial score (nSPS) is 21.0. The van der Waals surface area contributed by atoms with Crippen molar-refractivity contribution in [2.75, 3.05) is 13.7 Å². The molecule has 0 saturated carbocycles. The van der Waals surface area contributed by atoms with Gasteiger partial charge in [0.2, 0.25) is 0 Å². The smallest absolute Gasteiger partial charge is 0.0593 e. The second kappa shape index (κ2) is 5.33. The third-order valence-corrected chi connectivity index (χ3v) is 3.00. The van der Waals surface area contributed by atoms with Gasteiger partial charge in [-0.05, 0) is 38.4 Å². The van der Waals surface area contributed by atoms with Crippen LogP contribution in [0.5, 0.6) is 0 Å². The summed E-state index contributed by atoms with van der Waals surface area (Å²) in [5, 5.41) is 3.19. The van der Waals surface area contributed by atoms with Gasteiger partial charge < -0.3 is 14.6 Å². The number of rotatable bonds is 5. The van der Waals surface area contributed by atoms with Gasteiger partial charge in [-0.15, -0.1) is 0 Å². The number of nitrogens with one attached hydrogen (secondary N) is 1. The molecule has 0 bridgehead atoms. The number of ether oxygens (including phenoxy) is 1. The number of hydrogen-bond donors (Lipinski definition) is 1. The minimum Gasteiger partial charge on any atom is -0.378 e. The fourth-order valence-electron chi connectivity index (χ4n) is 2.16. The van der Waals surface area contributed by atoms with E-state index in [4.69, 9.17) is 4.74 Å². The van der Waals surface area contributed by atoms with Crippen molar-refractivity contribution in [2.45, 2.75) is 38.5 Å². The highest BCUT2D eigenvalue weighted by Gasteiger charge is 2.15. The number of aromatic nitrogens is 1. The Bertz CT molecular complexity index is 290. The molecule has 1 atom stereocenters. The van der Waals surface area contributed by atoms with Crippen LogP contribution in [0.4, 0.5) is 0 Å². The maximum atomic E-state index is 5.62. The average Bonchev–Trinajstić information content (AvgIpc) is 2.85. The van der Waals surface area contributed by atoms with E-state index in [1.165, 1.54) is 18.5 Å². The van der Waals surface area contributed by atoms with Crippen LogP contribution in [-0.4, -0.2) is 24.3 Å². The second-order valence-electron chi connectivity index (χ2n) is 4.15. The molecule has 0 aliphatic carbocycles. The van der Waals surface area contributed by atoms with Gasteiger partial charge >= 0.3 is 0 Å². The summed E-state index contributed by atoms with van der Waals surface area (Å²) in [5.41, 5.74) is 1.36. The van der Waals surface area contributed by atoms with Crippen LogP contribution in [0.1, 0.15) is 25.0 Å².